The first kappa shape index (κ1) is 37.7. The molecule has 0 aromatic heterocycles. The van der Waals surface area contributed by atoms with Gasteiger partial charge in [0.25, 0.3) is 0 Å². The summed E-state index contributed by atoms with van der Waals surface area (Å²) in [7, 11) is 0. The van der Waals surface area contributed by atoms with Crippen molar-refractivity contribution in [3.63, 3.8) is 0 Å². The van der Waals surface area contributed by atoms with Crippen LogP contribution in [0.2, 0.25) is 5.02 Å². The molecule has 0 aliphatic rings. The SMILES string of the molecule is CC(C)(C)c1ccc(N(c2ccc(Cl)cc2)c2cc(C(C)(C)C)cc(N(c3ccc(C(C)(C)C)cc3)c3ccc(C(C)(C)C)cc3)c2Br)cc1. The maximum Gasteiger partial charge on any atom is 0.0657 e. The van der Waals surface area contributed by atoms with Crippen molar-refractivity contribution < 1.29 is 0 Å². The summed E-state index contributed by atoms with van der Waals surface area (Å²) in [6.07, 6.45) is 0. The van der Waals surface area contributed by atoms with Crippen molar-refractivity contribution in [1.82, 2.24) is 0 Å². The van der Waals surface area contributed by atoms with Crippen LogP contribution < -0.4 is 9.80 Å². The van der Waals surface area contributed by atoms with Gasteiger partial charge in [0.2, 0.25) is 0 Å². The molecule has 0 aliphatic heterocycles. The van der Waals surface area contributed by atoms with E-state index in [0.717, 1.165) is 38.6 Å². The second kappa shape index (κ2) is 13.9. The molecule has 50 heavy (non-hydrogen) atoms. The lowest BCUT2D eigenvalue weighted by atomic mass is 9.85. The summed E-state index contributed by atoms with van der Waals surface area (Å²) in [6.45, 7) is 27.2. The van der Waals surface area contributed by atoms with E-state index in [1.54, 1.807) is 0 Å². The average molecular weight is 750 g/mol. The molecule has 262 valence electrons. The summed E-state index contributed by atoms with van der Waals surface area (Å²) in [4.78, 5) is 4.74. The fraction of sp³-hybridized carbons (Fsp3) is 0.348. The molecule has 0 unspecified atom stereocenters. The van der Waals surface area contributed by atoms with E-state index in [2.05, 4.69) is 206 Å². The lowest BCUT2D eigenvalue weighted by molar-refractivity contribution is 0.589. The third-order valence-electron chi connectivity index (χ3n) is 9.44. The molecule has 4 heteroatoms. The Kier molecular flexibility index (Phi) is 10.5. The quantitative estimate of drug-likeness (QED) is 0.171. The monoisotopic (exact) mass is 748 g/mol. The largest absolute Gasteiger partial charge is 0.309 e. The maximum atomic E-state index is 6.44. The molecule has 0 atom stereocenters. The number of halogens is 2. The molecular formula is C46H54BrClN2. The van der Waals surface area contributed by atoms with Gasteiger partial charge in [-0.25, -0.2) is 0 Å². The molecule has 0 aliphatic carbocycles. The van der Waals surface area contributed by atoms with Crippen molar-refractivity contribution >= 4 is 61.7 Å². The van der Waals surface area contributed by atoms with Crippen LogP contribution in [0.15, 0.2) is 114 Å². The molecule has 0 spiro atoms. The van der Waals surface area contributed by atoms with Crippen molar-refractivity contribution in [1.29, 1.82) is 0 Å². The lowest BCUT2D eigenvalue weighted by Crippen LogP contribution is -2.19. The van der Waals surface area contributed by atoms with Gasteiger partial charge >= 0.3 is 0 Å². The molecule has 5 rings (SSSR count). The highest BCUT2D eigenvalue weighted by atomic mass is 79.9. The topological polar surface area (TPSA) is 6.48 Å². The zero-order valence-corrected chi connectivity index (χ0v) is 34.4. The molecule has 0 N–H and O–H groups in total. The van der Waals surface area contributed by atoms with Crippen molar-refractivity contribution in [2.75, 3.05) is 9.80 Å². The summed E-state index contributed by atoms with van der Waals surface area (Å²) in [6, 6.07) is 39.9. The van der Waals surface area contributed by atoms with Gasteiger partial charge < -0.3 is 9.80 Å². The third-order valence-corrected chi connectivity index (χ3v) is 10.5. The molecule has 5 aromatic carbocycles. The van der Waals surface area contributed by atoms with E-state index < -0.39 is 0 Å². The van der Waals surface area contributed by atoms with Crippen LogP contribution >= 0.6 is 27.5 Å². The minimum absolute atomic E-state index is 0.0507. The Balaban J connectivity index is 1.81. The average Bonchev–Trinajstić information content (AvgIpc) is 3.02. The van der Waals surface area contributed by atoms with Crippen LogP contribution in [-0.2, 0) is 21.7 Å². The minimum Gasteiger partial charge on any atom is -0.309 e. The van der Waals surface area contributed by atoms with Gasteiger partial charge in [-0.3, -0.25) is 0 Å². The number of nitrogens with zero attached hydrogens (tertiary/aromatic N) is 2. The fourth-order valence-corrected chi connectivity index (χ4v) is 6.84. The van der Waals surface area contributed by atoms with Crippen molar-refractivity contribution in [3.8, 4) is 0 Å². The summed E-state index contributed by atoms with van der Waals surface area (Å²) in [5, 5.41) is 0.712. The first-order valence-electron chi connectivity index (χ1n) is 17.7. The Bertz CT molecular complexity index is 1860. The molecular weight excluding hydrogens is 696 g/mol. The van der Waals surface area contributed by atoms with Crippen LogP contribution in [0.3, 0.4) is 0 Å². The summed E-state index contributed by atoms with van der Waals surface area (Å²) in [5.74, 6) is 0. The predicted octanol–water partition coefficient (Wildman–Crippen LogP) is 15.2. The standard InChI is InChI=1S/C46H54BrClN2/c1-43(2,3)31-13-21-36(22-14-31)49(37-23-15-32(16-24-37)44(4,5)6)40-29-34(46(10,11)12)30-41(42(40)47)50(39-27-19-35(48)20-28-39)38-25-17-33(18-26-38)45(7,8)9/h13-30H,1-12H3. The second-order valence-electron chi connectivity index (χ2n) is 17.6. The van der Waals surface area contributed by atoms with Crippen molar-refractivity contribution in [2.24, 2.45) is 0 Å². The molecule has 0 fully saturated rings. The Morgan fingerprint density at radius 3 is 0.860 bits per heavy atom. The van der Waals surface area contributed by atoms with Gasteiger partial charge in [0.05, 0.1) is 15.8 Å². The van der Waals surface area contributed by atoms with Crippen LogP contribution in [0, 0.1) is 0 Å². The Hall–Kier alpha value is -3.53. The van der Waals surface area contributed by atoms with Crippen LogP contribution in [0.4, 0.5) is 34.1 Å². The van der Waals surface area contributed by atoms with E-state index in [4.69, 9.17) is 11.6 Å². The Labute approximate surface area is 315 Å². The van der Waals surface area contributed by atoms with E-state index in [-0.39, 0.29) is 21.7 Å². The van der Waals surface area contributed by atoms with Gasteiger partial charge in [-0.15, -0.1) is 0 Å². The van der Waals surface area contributed by atoms with E-state index >= 15 is 0 Å². The van der Waals surface area contributed by atoms with Crippen molar-refractivity contribution in [2.45, 2.75) is 105 Å². The predicted molar refractivity (Wildman–Crippen MR) is 223 cm³/mol. The number of benzene rings is 5. The third kappa shape index (κ3) is 8.32. The van der Waals surface area contributed by atoms with Gasteiger partial charge in [0.1, 0.15) is 0 Å². The fourth-order valence-electron chi connectivity index (χ4n) is 6.13. The Morgan fingerprint density at radius 2 is 0.620 bits per heavy atom. The van der Waals surface area contributed by atoms with E-state index in [1.807, 2.05) is 12.1 Å². The van der Waals surface area contributed by atoms with Crippen molar-refractivity contribution in [3.05, 3.63) is 141 Å². The molecule has 2 nitrogen and oxygen atoms in total. The van der Waals surface area contributed by atoms with Crippen LogP contribution in [0.25, 0.3) is 0 Å². The summed E-state index contributed by atoms with van der Waals surface area (Å²) in [5.41, 5.74) is 11.6. The molecule has 0 heterocycles. The van der Waals surface area contributed by atoms with Crippen LogP contribution in [0.1, 0.15) is 105 Å². The smallest absolute Gasteiger partial charge is 0.0657 e. The van der Waals surface area contributed by atoms with Gasteiger partial charge in [0.15, 0.2) is 0 Å². The number of rotatable bonds is 6. The molecule has 5 aromatic rings. The minimum atomic E-state index is -0.121. The zero-order chi connectivity index (χ0) is 36.8. The summed E-state index contributed by atoms with van der Waals surface area (Å²) < 4.78 is 1.00. The maximum absolute atomic E-state index is 6.44. The summed E-state index contributed by atoms with van der Waals surface area (Å²) >= 11 is 10.7. The highest BCUT2D eigenvalue weighted by molar-refractivity contribution is 9.10. The lowest BCUT2D eigenvalue weighted by Gasteiger charge is -2.34. The van der Waals surface area contributed by atoms with Gasteiger partial charge in [-0.1, -0.05) is 131 Å². The van der Waals surface area contributed by atoms with Crippen LogP contribution in [-0.4, -0.2) is 0 Å². The first-order chi connectivity index (χ1) is 23.1. The highest BCUT2D eigenvalue weighted by Gasteiger charge is 2.27. The molecule has 0 amide bonds. The first-order valence-corrected chi connectivity index (χ1v) is 18.8. The number of hydrogen-bond donors (Lipinski definition) is 0. The van der Waals surface area contributed by atoms with E-state index in [0.29, 0.717) is 5.02 Å². The molecule has 0 saturated heterocycles. The van der Waals surface area contributed by atoms with E-state index in [1.165, 1.54) is 22.3 Å². The normalized spacial score (nSPS) is 12.6. The Morgan fingerprint density at radius 1 is 0.380 bits per heavy atom. The van der Waals surface area contributed by atoms with E-state index in [9.17, 15) is 0 Å². The van der Waals surface area contributed by atoms with Gasteiger partial charge in [-0.2, -0.15) is 0 Å². The molecule has 0 bridgehead atoms. The number of anilines is 6. The number of hydrogen-bond acceptors (Lipinski definition) is 2. The molecule has 0 radical (unpaired) electrons. The zero-order valence-electron chi connectivity index (χ0n) is 32.0. The van der Waals surface area contributed by atoms with Gasteiger partial charge in [0, 0.05) is 27.8 Å². The molecule has 0 saturated carbocycles. The highest BCUT2D eigenvalue weighted by Crippen LogP contribution is 2.49. The van der Waals surface area contributed by atoms with Crippen LogP contribution in [0.5, 0.6) is 0 Å². The van der Waals surface area contributed by atoms with Gasteiger partial charge in [-0.05, 0) is 133 Å². The second-order valence-corrected chi connectivity index (χ2v) is 18.8.